The highest BCUT2D eigenvalue weighted by Crippen LogP contribution is 1.97. The third-order valence-corrected chi connectivity index (χ3v) is 2.45. The molecule has 0 aliphatic carbocycles. The minimum Gasteiger partial charge on any atom is -0.343 e. The molecule has 0 fully saturated rings. The normalized spacial score (nSPS) is 9.33. The lowest BCUT2D eigenvalue weighted by Crippen LogP contribution is -2.40. The third-order valence-electron chi connectivity index (χ3n) is 2.45. The smallest absolute Gasteiger partial charge is 0.251 e. The Kier molecular flexibility index (Phi) is 5.46. The molecule has 0 saturated heterocycles. The number of likely N-dealkylation sites (N-methyl/N-ethyl adjacent to an activating group) is 1. The van der Waals surface area contributed by atoms with Crippen molar-refractivity contribution in [1.29, 1.82) is 0 Å². The molecule has 0 aromatic heterocycles. The van der Waals surface area contributed by atoms with E-state index in [4.69, 9.17) is 6.42 Å². The van der Waals surface area contributed by atoms with Crippen LogP contribution in [0.3, 0.4) is 0 Å². The van der Waals surface area contributed by atoms with Gasteiger partial charge in [-0.15, -0.1) is 6.42 Å². The summed E-state index contributed by atoms with van der Waals surface area (Å²) in [5.41, 5.74) is 0.533. The molecule has 0 atom stereocenters. The van der Waals surface area contributed by atoms with E-state index in [1.54, 1.807) is 24.3 Å². The van der Waals surface area contributed by atoms with E-state index in [-0.39, 0.29) is 24.9 Å². The summed E-state index contributed by atoms with van der Waals surface area (Å²) < 4.78 is 0. The van der Waals surface area contributed by atoms with Gasteiger partial charge in [0.05, 0.1) is 13.1 Å². The van der Waals surface area contributed by atoms with E-state index in [9.17, 15) is 9.59 Å². The van der Waals surface area contributed by atoms with Gasteiger partial charge in [-0.2, -0.15) is 0 Å². The van der Waals surface area contributed by atoms with Crippen LogP contribution in [0.15, 0.2) is 30.3 Å². The van der Waals surface area contributed by atoms with Crippen LogP contribution in [-0.4, -0.2) is 36.3 Å². The van der Waals surface area contributed by atoms with Gasteiger partial charge in [0, 0.05) is 12.1 Å². The molecule has 0 aliphatic heterocycles. The molecule has 1 aromatic carbocycles. The van der Waals surface area contributed by atoms with E-state index in [0.29, 0.717) is 12.1 Å². The topological polar surface area (TPSA) is 49.4 Å². The van der Waals surface area contributed by atoms with Crippen LogP contribution in [0.25, 0.3) is 0 Å². The second-order valence-corrected chi connectivity index (χ2v) is 3.66. The van der Waals surface area contributed by atoms with Crippen molar-refractivity contribution in [1.82, 2.24) is 10.2 Å². The highest BCUT2D eigenvalue weighted by Gasteiger charge is 2.12. The summed E-state index contributed by atoms with van der Waals surface area (Å²) in [6.45, 7) is 2.60. The number of carbonyl (C=O) groups excluding carboxylic acids is 2. The van der Waals surface area contributed by atoms with Gasteiger partial charge >= 0.3 is 0 Å². The second-order valence-electron chi connectivity index (χ2n) is 3.66. The Hall–Kier alpha value is -2.28. The summed E-state index contributed by atoms with van der Waals surface area (Å²) in [5, 5.41) is 2.57. The Morgan fingerprint density at radius 2 is 2.00 bits per heavy atom. The van der Waals surface area contributed by atoms with Crippen LogP contribution in [0, 0.1) is 12.3 Å². The molecular formula is C14H16N2O2. The van der Waals surface area contributed by atoms with Crippen LogP contribution in [-0.2, 0) is 4.79 Å². The number of hydrogen-bond donors (Lipinski definition) is 1. The fourth-order valence-electron chi connectivity index (χ4n) is 1.45. The molecule has 1 aromatic rings. The summed E-state index contributed by atoms with van der Waals surface area (Å²) in [5.74, 6) is 1.97. The molecule has 0 radical (unpaired) electrons. The summed E-state index contributed by atoms with van der Waals surface area (Å²) >= 11 is 0. The average molecular weight is 244 g/mol. The Morgan fingerprint density at radius 1 is 1.33 bits per heavy atom. The highest BCUT2D eigenvalue weighted by atomic mass is 16.2. The van der Waals surface area contributed by atoms with Crippen molar-refractivity contribution in [2.24, 2.45) is 0 Å². The lowest BCUT2D eigenvalue weighted by atomic mass is 10.2. The predicted octanol–water partition coefficient (Wildman–Crippen LogP) is 0.898. The number of hydrogen-bond acceptors (Lipinski definition) is 2. The van der Waals surface area contributed by atoms with Gasteiger partial charge in [0.15, 0.2) is 0 Å². The minimum absolute atomic E-state index is 0.0384. The van der Waals surface area contributed by atoms with Gasteiger partial charge in [0.25, 0.3) is 5.91 Å². The molecule has 0 unspecified atom stereocenters. The number of benzene rings is 1. The summed E-state index contributed by atoms with van der Waals surface area (Å²) in [4.78, 5) is 24.9. The third kappa shape index (κ3) is 3.95. The number of carbonyl (C=O) groups is 2. The first-order chi connectivity index (χ1) is 8.69. The molecule has 4 nitrogen and oxygen atoms in total. The molecule has 0 spiro atoms. The highest BCUT2D eigenvalue weighted by molar-refractivity contribution is 5.96. The molecule has 0 bridgehead atoms. The maximum Gasteiger partial charge on any atom is 0.251 e. The van der Waals surface area contributed by atoms with Gasteiger partial charge in [0.2, 0.25) is 5.91 Å². The monoisotopic (exact) mass is 244 g/mol. The molecule has 0 heterocycles. The fourth-order valence-corrected chi connectivity index (χ4v) is 1.45. The Morgan fingerprint density at radius 3 is 2.56 bits per heavy atom. The Balaban J connectivity index is 2.48. The number of nitrogens with zero attached hydrogens (tertiary/aromatic N) is 1. The van der Waals surface area contributed by atoms with E-state index >= 15 is 0 Å². The lowest BCUT2D eigenvalue weighted by Gasteiger charge is -2.18. The van der Waals surface area contributed by atoms with Crippen molar-refractivity contribution >= 4 is 11.8 Å². The number of rotatable bonds is 5. The van der Waals surface area contributed by atoms with Crippen LogP contribution >= 0.6 is 0 Å². The summed E-state index contributed by atoms with van der Waals surface area (Å²) in [7, 11) is 0. The lowest BCUT2D eigenvalue weighted by molar-refractivity contribution is -0.129. The molecular weight excluding hydrogens is 228 g/mol. The molecule has 1 N–H and O–H groups in total. The second kappa shape index (κ2) is 7.13. The van der Waals surface area contributed by atoms with E-state index in [1.807, 2.05) is 13.0 Å². The zero-order valence-corrected chi connectivity index (χ0v) is 10.3. The van der Waals surface area contributed by atoms with Gasteiger partial charge in [-0.25, -0.2) is 0 Å². The van der Waals surface area contributed by atoms with Crippen molar-refractivity contribution in [2.45, 2.75) is 6.92 Å². The number of amides is 2. The largest absolute Gasteiger partial charge is 0.343 e. The van der Waals surface area contributed by atoms with E-state index < -0.39 is 0 Å². The van der Waals surface area contributed by atoms with Gasteiger partial charge in [-0.05, 0) is 19.1 Å². The van der Waals surface area contributed by atoms with Gasteiger partial charge < -0.3 is 10.2 Å². The maximum absolute atomic E-state index is 11.7. The first kappa shape index (κ1) is 13.8. The zero-order chi connectivity index (χ0) is 13.4. The van der Waals surface area contributed by atoms with Crippen LogP contribution in [0.5, 0.6) is 0 Å². The Bertz CT molecular complexity index is 449. The van der Waals surface area contributed by atoms with Crippen LogP contribution in [0.4, 0.5) is 0 Å². The van der Waals surface area contributed by atoms with Crippen molar-refractivity contribution in [3.05, 3.63) is 35.9 Å². The molecule has 1 rings (SSSR count). The quantitative estimate of drug-likeness (QED) is 0.782. The van der Waals surface area contributed by atoms with Crippen LogP contribution < -0.4 is 5.32 Å². The molecule has 94 valence electrons. The first-order valence-electron chi connectivity index (χ1n) is 5.73. The maximum atomic E-state index is 11.7. The molecule has 4 heteroatoms. The molecule has 0 aliphatic rings. The predicted molar refractivity (Wildman–Crippen MR) is 69.9 cm³/mol. The van der Waals surface area contributed by atoms with E-state index in [0.717, 1.165) is 0 Å². The number of nitrogens with one attached hydrogen (secondary N) is 1. The fraction of sp³-hybridized carbons (Fsp3) is 0.286. The minimum atomic E-state index is -0.263. The SMILES string of the molecule is C#CCN(CC)C(=O)CNC(=O)c1ccccc1. The van der Waals surface area contributed by atoms with E-state index in [1.165, 1.54) is 4.90 Å². The molecule has 0 saturated carbocycles. The first-order valence-corrected chi connectivity index (χ1v) is 5.73. The van der Waals surface area contributed by atoms with E-state index in [2.05, 4.69) is 11.2 Å². The molecule has 2 amide bonds. The van der Waals surface area contributed by atoms with Crippen molar-refractivity contribution in [3.8, 4) is 12.3 Å². The summed E-state index contributed by atoms with van der Waals surface area (Å²) in [6.07, 6.45) is 5.16. The average Bonchev–Trinajstić information content (AvgIpc) is 2.42. The van der Waals surface area contributed by atoms with Crippen molar-refractivity contribution < 1.29 is 9.59 Å². The Labute approximate surface area is 107 Å². The number of terminal acetylenes is 1. The zero-order valence-electron chi connectivity index (χ0n) is 10.3. The van der Waals surface area contributed by atoms with Crippen molar-refractivity contribution in [2.75, 3.05) is 19.6 Å². The van der Waals surface area contributed by atoms with Gasteiger partial charge in [0.1, 0.15) is 0 Å². The van der Waals surface area contributed by atoms with Crippen molar-refractivity contribution in [3.63, 3.8) is 0 Å². The molecule has 18 heavy (non-hydrogen) atoms. The van der Waals surface area contributed by atoms with Gasteiger partial charge in [-0.3, -0.25) is 9.59 Å². The van der Waals surface area contributed by atoms with Crippen LogP contribution in [0.1, 0.15) is 17.3 Å². The van der Waals surface area contributed by atoms with Crippen LogP contribution in [0.2, 0.25) is 0 Å². The summed E-state index contributed by atoms with van der Waals surface area (Å²) in [6, 6.07) is 8.76. The standard InChI is InChI=1S/C14H16N2O2/c1-3-10-16(4-2)13(17)11-15-14(18)12-8-6-5-7-9-12/h1,5-9H,4,10-11H2,2H3,(H,15,18). The van der Waals surface area contributed by atoms with Gasteiger partial charge in [-0.1, -0.05) is 24.1 Å².